The lowest BCUT2D eigenvalue weighted by Crippen LogP contribution is -2.21. The molecule has 190 valence electrons. The molecule has 0 aromatic carbocycles. The smallest absolute Gasteiger partial charge is 0.305 e. The third-order valence-electron chi connectivity index (χ3n) is 6.47. The average molecular weight is 452 g/mol. The summed E-state index contributed by atoms with van der Waals surface area (Å²) in [5.74, 6) is 0.835. The van der Waals surface area contributed by atoms with Crippen LogP contribution in [0.4, 0.5) is 0 Å². The van der Waals surface area contributed by atoms with Gasteiger partial charge in [-0.15, -0.1) is 0 Å². The molecule has 0 saturated carbocycles. The molecular weight excluding hydrogens is 394 g/mol. The van der Waals surface area contributed by atoms with Crippen molar-refractivity contribution >= 4 is 5.97 Å². The van der Waals surface area contributed by atoms with Crippen LogP contribution in [0.1, 0.15) is 135 Å². The molecule has 3 heteroatoms. The van der Waals surface area contributed by atoms with Crippen molar-refractivity contribution in [2.45, 2.75) is 135 Å². The van der Waals surface area contributed by atoms with E-state index in [2.05, 4.69) is 42.8 Å². The maximum absolute atomic E-state index is 11.0. The topological polar surface area (TPSA) is 29.5 Å². The first-order valence-electron chi connectivity index (χ1n) is 14.0. The van der Waals surface area contributed by atoms with Gasteiger partial charge in [-0.2, -0.15) is 0 Å². The maximum Gasteiger partial charge on any atom is 0.305 e. The number of esters is 1. The summed E-state index contributed by atoms with van der Waals surface area (Å²) in [4.78, 5) is 13.4. The van der Waals surface area contributed by atoms with E-state index < -0.39 is 0 Å². The Hall–Kier alpha value is -0.830. The van der Waals surface area contributed by atoms with Gasteiger partial charge in [0, 0.05) is 13.0 Å². The van der Waals surface area contributed by atoms with Crippen molar-refractivity contribution in [3.05, 3.63) is 12.2 Å². The Bertz CT molecular complexity index is 419. The molecule has 0 saturated heterocycles. The number of carbonyl (C=O) groups excluding carboxylic acids is 1. The molecule has 0 aromatic heterocycles. The lowest BCUT2D eigenvalue weighted by Gasteiger charge is -2.21. The monoisotopic (exact) mass is 451 g/mol. The van der Waals surface area contributed by atoms with E-state index in [-0.39, 0.29) is 5.97 Å². The zero-order chi connectivity index (χ0) is 23.7. The largest absolute Gasteiger partial charge is 0.469 e. The van der Waals surface area contributed by atoms with E-state index in [1.807, 2.05) is 0 Å². The summed E-state index contributed by atoms with van der Waals surface area (Å²) in [5.41, 5.74) is 0. The molecular formula is C29H57NO2. The number of allylic oxidation sites excluding steroid dienone is 2. The van der Waals surface area contributed by atoms with E-state index in [1.54, 1.807) is 0 Å². The third-order valence-corrected chi connectivity index (χ3v) is 6.47. The van der Waals surface area contributed by atoms with Crippen LogP contribution in [0.25, 0.3) is 0 Å². The van der Waals surface area contributed by atoms with Crippen LogP contribution in [-0.2, 0) is 9.53 Å². The number of ether oxygens (including phenoxy) is 1. The Morgan fingerprint density at radius 2 is 1.19 bits per heavy atom. The quantitative estimate of drug-likeness (QED) is 0.0834. The predicted octanol–water partition coefficient (Wildman–Crippen LogP) is 8.72. The third kappa shape index (κ3) is 23.8. The van der Waals surface area contributed by atoms with Crippen molar-refractivity contribution in [1.82, 2.24) is 4.90 Å². The number of rotatable bonds is 24. The lowest BCUT2D eigenvalue weighted by atomic mass is 9.94. The Balaban J connectivity index is 3.44. The maximum atomic E-state index is 11.0. The molecule has 0 radical (unpaired) electrons. The van der Waals surface area contributed by atoms with E-state index in [4.69, 9.17) is 0 Å². The van der Waals surface area contributed by atoms with Gasteiger partial charge in [0.2, 0.25) is 0 Å². The predicted molar refractivity (Wildman–Crippen MR) is 141 cm³/mol. The molecule has 32 heavy (non-hydrogen) atoms. The summed E-state index contributed by atoms with van der Waals surface area (Å²) in [6.45, 7) is 3.57. The van der Waals surface area contributed by atoms with Gasteiger partial charge in [-0.1, -0.05) is 96.1 Å². The lowest BCUT2D eigenvalue weighted by molar-refractivity contribution is -0.140. The molecule has 1 atom stereocenters. The van der Waals surface area contributed by atoms with Gasteiger partial charge in [0.1, 0.15) is 0 Å². The van der Waals surface area contributed by atoms with Gasteiger partial charge >= 0.3 is 5.97 Å². The Labute approximate surface area is 201 Å². The van der Waals surface area contributed by atoms with Crippen molar-refractivity contribution in [3.8, 4) is 0 Å². The minimum atomic E-state index is -0.0743. The molecule has 0 spiro atoms. The van der Waals surface area contributed by atoms with Crippen LogP contribution in [0.3, 0.4) is 0 Å². The highest BCUT2D eigenvalue weighted by atomic mass is 16.5. The van der Waals surface area contributed by atoms with E-state index in [1.165, 1.54) is 123 Å². The number of nitrogens with zero attached hydrogens (tertiary/aromatic N) is 1. The molecule has 0 aliphatic carbocycles. The highest BCUT2D eigenvalue weighted by Gasteiger charge is 2.09. The van der Waals surface area contributed by atoms with Gasteiger partial charge in [0.05, 0.1) is 7.11 Å². The van der Waals surface area contributed by atoms with Crippen LogP contribution in [-0.4, -0.2) is 38.6 Å². The van der Waals surface area contributed by atoms with Crippen molar-refractivity contribution in [2.24, 2.45) is 5.92 Å². The second kappa shape index (κ2) is 24.8. The first kappa shape index (κ1) is 31.2. The molecule has 0 aliphatic heterocycles. The molecule has 0 amide bonds. The van der Waals surface area contributed by atoms with Crippen LogP contribution in [0, 0.1) is 5.92 Å². The Kier molecular flexibility index (Phi) is 24.2. The number of unbranched alkanes of at least 4 members (excludes halogenated alkanes) is 14. The molecule has 0 fully saturated rings. The van der Waals surface area contributed by atoms with Gasteiger partial charge in [-0.05, 0) is 65.0 Å². The van der Waals surface area contributed by atoms with Crippen LogP contribution >= 0.6 is 0 Å². The summed E-state index contributed by atoms with van der Waals surface area (Å²) in [7, 11) is 5.92. The highest BCUT2D eigenvalue weighted by molar-refractivity contribution is 5.68. The SMILES string of the molecule is CCCCCCC(CCCCCCCC/C=C\CCCCCCCC(=O)OC)CN(C)C. The fourth-order valence-corrected chi connectivity index (χ4v) is 4.51. The summed E-state index contributed by atoms with van der Waals surface area (Å²) >= 11 is 0. The van der Waals surface area contributed by atoms with Gasteiger partial charge in [-0.25, -0.2) is 0 Å². The fourth-order valence-electron chi connectivity index (χ4n) is 4.51. The molecule has 0 bridgehead atoms. The Morgan fingerprint density at radius 3 is 1.69 bits per heavy atom. The van der Waals surface area contributed by atoms with Gasteiger partial charge in [-0.3, -0.25) is 4.79 Å². The van der Waals surface area contributed by atoms with Crippen molar-refractivity contribution in [3.63, 3.8) is 0 Å². The molecule has 0 N–H and O–H groups in total. The molecule has 0 aromatic rings. The molecule has 0 aliphatic rings. The summed E-state index contributed by atoms with van der Waals surface area (Å²) in [6, 6.07) is 0. The molecule has 1 unspecified atom stereocenters. The van der Waals surface area contributed by atoms with Crippen molar-refractivity contribution in [2.75, 3.05) is 27.7 Å². The minimum absolute atomic E-state index is 0.0743. The first-order valence-corrected chi connectivity index (χ1v) is 14.0. The van der Waals surface area contributed by atoms with Gasteiger partial charge < -0.3 is 9.64 Å². The van der Waals surface area contributed by atoms with Crippen molar-refractivity contribution < 1.29 is 9.53 Å². The van der Waals surface area contributed by atoms with E-state index in [0.29, 0.717) is 6.42 Å². The molecule has 3 nitrogen and oxygen atoms in total. The normalized spacial score (nSPS) is 12.7. The number of methoxy groups -OCH3 is 1. The zero-order valence-electron chi connectivity index (χ0n) is 22.3. The summed E-state index contributed by atoms with van der Waals surface area (Å²) in [5, 5.41) is 0. The summed E-state index contributed by atoms with van der Waals surface area (Å²) in [6.07, 6.45) is 30.6. The Morgan fingerprint density at radius 1 is 0.719 bits per heavy atom. The van der Waals surface area contributed by atoms with Crippen LogP contribution in [0.15, 0.2) is 12.2 Å². The standard InChI is InChI=1S/C29H57NO2/c1-5-6-7-21-24-28(27-30(2)3)25-22-19-17-15-13-11-9-8-10-12-14-16-18-20-23-26-29(31)32-4/h8,10,28H,5-7,9,11-27H2,1-4H3/b10-8-. The van der Waals surface area contributed by atoms with E-state index in [9.17, 15) is 4.79 Å². The van der Waals surface area contributed by atoms with Crippen LogP contribution in [0.5, 0.6) is 0 Å². The first-order chi connectivity index (χ1) is 15.6. The van der Waals surface area contributed by atoms with E-state index in [0.717, 1.165) is 18.8 Å². The average Bonchev–Trinajstić information content (AvgIpc) is 2.77. The molecule has 0 rings (SSSR count). The van der Waals surface area contributed by atoms with Crippen LogP contribution < -0.4 is 0 Å². The number of hydrogen-bond acceptors (Lipinski definition) is 3. The summed E-state index contributed by atoms with van der Waals surface area (Å²) < 4.78 is 4.66. The fraction of sp³-hybridized carbons (Fsp3) is 0.897. The van der Waals surface area contributed by atoms with Gasteiger partial charge in [0.15, 0.2) is 0 Å². The number of carbonyl (C=O) groups is 1. The number of hydrogen-bond donors (Lipinski definition) is 0. The second-order valence-corrected chi connectivity index (χ2v) is 10.0. The highest BCUT2D eigenvalue weighted by Crippen LogP contribution is 2.19. The van der Waals surface area contributed by atoms with E-state index >= 15 is 0 Å². The second-order valence-electron chi connectivity index (χ2n) is 10.0. The van der Waals surface area contributed by atoms with Crippen molar-refractivity contribution in [1.29, 1.82) is 0 Å². The molecule has 0 heterocycles. The van der Waals surface area contributed by atoms with Crippen LogP contribution in [0.2, 0.25) is 0 Å². The van der Waals surface area contributed by atoms with Gasteiger partial charge in [0.25, 0.3) is 0 Å². The zero-order valence-corrected chi connectivity index (χ0v) is 22.3. The minimum Gasteiger partial charge on any atom is -0.469 e.